The minimum Gasteiger partial charge on any atom is -0.481 e. The number of nitrogens with one attached hydrogen (secondary N) is 3. The second kappa shape index (κ2) is 9.40. The fourth-order valence-electron chi connectivity index (χ4n) is 2.00. The second-order valence-electron chi connectivity index (χ2n) is 5.13. The molecule has 0 aliphatic carbocycles. The number of ether oxygens (including phenoxy) is 2. The highest BCUT2D eigenvalue weighted by atomic mass is 32.2. The Balaban J connectivity index is 2.17. The molecule has 0 aliphatic heterocycles. The molecule has 29 heavy (non-hydrogen) atoms. The minimum absolute atomic E-state index is 0.104. The molecule has 2 rings (SSSR count). The van der Waals surface area contributed by atoms with Crippen LogP contribution >= 0.6 is 11.8 Å². The van der Waals surface area contributed by atoms with Gasteiger partial charge in [-0.3, -0.25) is 10.7 Å². The van der Waals surface area contributed by atoms with Crippen molar-refractivity contribution in [2.24, 2.45) is 0 Å². The number of rotatable bonds is 8. The van der Waals surface area contributed by atoms with Gasteiger partial charge >= 0.3 is 12.0 Å². The van der Waals surface area contributed by atoms with E-state index in [9.17, 15) is 23.1 Å². The molecule has 4 N–H and O–H groups in total. The summed E-state index contributed by atoms with van der Waals surface area (Å²) in [6.07, 6.45) is 1.70. The third kappa shape index (κ3) is 5.69. The van der Waals surface area contributed by atoms with Gasteiger partial charge in [-0.05, 0) is 24.5 Å². The van der Waals surface area contributed by atoms with Crippen LogP contribution < -0.4 is 25.0 Å². The zero-order chi connectivity index (χ0) is 21.6. The van der Waals surface area contributed by atoms with Gasteiger partial charge in [0.25, 0.3) is 10.0 Å². The highest BCUT2D eigenvalue weighted by Crippen LogP contribution is 2.23. The zero-order valence-electron chi connectivity index (χ0n) is 15.4. The maximum atomic E-state index is 12.5. The summed E-state index contributed by atoms with van der Waals surface area (Å²) in [7, 11) is -1.69. The summed E-state index contributed by atoms with van der Waals surface area (Å²) in [6, 6.07) is 4.17. The number of carbonyl (C=O) groups is 2. The van der Waals surface area contributed by atoms with E-state index < -0.39 is 32.5 Å². The van der Waals surface area contributed by atoms with Crippen LogP contribution in [0.3, 0.4) is 0 Å². The number of urea groups is 1. The number of carboxylic acid groups (broad SMARTS) is 1. The van der Waals surface area contributed by atoms with E-state index in [1.54, 1.807) is 6.26 Å². The van der Waals surface area contributed by atoms with Gasteiger partial charge in [0.2, 0.25) is 17.7 Å². The molecule has 12 nitrogen and oxygen atoms in total. The van der Waals surface area contributed by atoms with Crippen LogP contribution in [-0.2, 0) is 10.0 Å². The summed E-state index contributed by atoms with van der Waals surface area (Å²) in [6.45, 7) is 0. The van der Waals surface area contributed by atoms with Crippen molar-refractivity contribution in [1.29, 1.82) is 0 Å². The lowest BCUT2D eigenvalue weighted by Gasteiger charge is -2.12. The van der Waals surface area contributed by atoms with Crippen molar-refractivity contribution in [3.05, 3.63) is 29.8 Å². The van der Waals surface area contributed by atoms with Crippen molar-refractivity contribution in [1.82, 2.24) is 20.2 Å². The van der Waals surface area contributed by atoms with E-state index in [-0.39, 0.29) is 17.7 Å². The van der Waals surface area contributed by atoms with Crippen molar-refractivity contribution < 1.29 is 32.6 Å². The topological polar surface area (TPSA) is 169 Å². The first-order valence-corrected chi connectivity index (χ1v) is 10.4. The smallest absolute Gasteiger partial charge is 0.337 e. The zero-order valence-corrected chi connectivity index (χ0v) is 17.1. The molecule has 2 aromatic rings. The number of nitrogens with zero attached hydrogens (tertiary/aromatic N) is 2. The molecule has 0 atom stereocenters. The van der Waals surface area contributed by atoms with E-state index in [2.05, 4.69) is 15.3 Å². The van der Waals surface area contributed by atoms with Crippen molar-refractivity contribution in [2.75, 3.05) is 25.8 Å². The van der Waals surface area contributed by atoms with E-state index >= 15 is 0 Å². The number of methoxy groups -OCH3 is 2. The summed E-state index contributed by atoms with van der Waals surface area (Å²) in [5, 5.41) is 11.4. The molecule has 0 unspecified atom stereocenters. The van der Waals surface area contributed by atoms with Crippen LogP contribution in [0.15, 0.2) is 34.1 Å². The number of hydrazine groups is 1. The van der Waals surface area contributed by atoms with Gasteiger partial charge in [-0.1, -0.05) is 0 Å². The first-order valence-electron chi connectivity index (χ1n) is 7.67. The highest BCUT2D eigenvalue weighted by Gasteiger charge is 2.23. The Labute approximate surface area is 170 Å². The Morgan fingerprint density at radius 2 is 1.72 bits per heavy atom. The number of thioether (sulfide) groups is 1. The third-order valence-corrected chi connectivity index (χ3v) is 5.34. The second-order valence-corrected chi connectivity index (χ2v) is 7.66. The largest absolute Gasteiger partial charge is 0.481 e. The lowest BCUT2D eigenvalue weighted by Crippen LogP contribution is -2.44. The molecule has 0 radical (unpaired) electrons. The molecule has 1 heterocycles. The van der Waals surface area contributed by atoms with E-state index in [0.717, 1.165) is 0 Å². The first kappa shape index (κ1) is 22.2. The Hall–Kier alpha value is -3.10. The van der Waals surface area contributed by atoms with Gasteiger partial charge in [-0.25, -0.2) is 18.0 Å². The molecule has 0 fully saturated rings. The van der Waals surface area contributed by atoms with Crippen molar-refractivity contribution >= 4 is 39.7 Å². The molecule has 0 saturated carbocycles. The maximum Gasteiger partial charge on any atom is 0.337 e. The number of aromatic carboxylic acids is 1. The van der Waals surface area contributed by atoms with Crippen molar-refractivity contribution in [3.8, 4) is 11.8 Å². The lowest BCUT2D eigenvalue weighted by molar-refractivity contribution is 0.0692. The van der Waals surface area contributed by atoms with Gasteiger partial charge in [-0.2, -0.15) is 9.97 Å². The summed E-state index contributed by atoms with van der Waals surface area (Å²) < 4.78 is 34.8. The number of benzene rings is 1. The first-order chi connectivity index (χ1) is 13.7. The quantitative estimate of drug-likeness (QED) is 0.340. The van der Waals surface area contributed by atoms with Gasteiger partial charge in [-0.15, -0.1) is 16.6 Å². The lowest BCUT2D eigenvalue weighted by atomic mass is 10.2. The Kier molecular flexibility index (Phi) is 7.19. The summed E-state index contributed by atoms with van der Waals surface area (Å²) in [5.74, 6) is -1.44. The van der Waals surface area contributed by atoms with Crippen molar-refractivity contribution in [3.63, 3.8) is 0 Å². The van der Waals surface area contributed by atoms with Gasteiger partial charge < -0.3 is 14.6 Å². The van der Waals surface area contributed by atoms with Crippen LogP contribution in [0.1, 0.15) is 10.4 Å². The Morgan fingerprint density at radius 1 is 1.10 bits per heavy atom. The van der Waals surface area contributed by atoms with Crippen LogP contribution in [0, 0.1) is 0 Å². The molecule has 0 bridgehead atoms. The molecule has 0 saturated heterocycles. The van der Waals surface area contributed by atoms with Crippen LogP contribution in [0.2, 0.25) is 0 Å². The van der Waals surface area contributed by atoms with E-state index in [1.165, 1.54) is 50.2 Å². The number of sulfonamides is 1. The molecular formula is C15H17N5O7S2. The summed E-state index contributed by atoms with van der Waals surface area (Å²) in [5.41, 5.74) is 1.45. The number of carbonyl (C=O) groups excluding carboxylic acids is 1. The molecule has 14 heteroatoms. The monoisotopic (exact) mass is 443 g/mol. The number of carboxylic acids is 1. The number of hydrogen-bond acceptors (Lipinski definition) is 9. The molecule has 156 valence electrons. The SMILES string of the molecule is COc1cc(OC)nc(NC(=O)NNS(=O)(=O)c2cc(SC)ccc2C(=O)O)n1. The van der Waals surface area contributed by atoms with Crippen LogP contribution in [0.25, 0.3) is 0 Å². The van der Waals surface area contributed by atoms with Crippen molar-refractivity contribution in [2.45, 2.75) is 9.79 Å². The summed E-state index contributed by atoms with van der Waals surface area (Å²) in [4.78, 5) is 32.9. The average molecular weight is 443 g/mol. The predicted octanol–water partition coefficient (Wildman–Crippen LogP) is 0.929. The molecule has 0 spiro atoms. The normalized spacial score (nSPS) is 10.9. The van der Waals surface area contributed by atoms with Gasteiger partial charge in [0.1, 0.15) is 0 Å². The van der Waals surface area contributed by atoms with Gasteiger partial charge in [0.15, 0.2) is 0 Å². The standard InChI is InChI=1S/C15H17N5O7S2/c1-26-11-7-12(27-2)17-14(16-11)18-15(23)19-20-29(24,25)10-6-8(28-3)4-5-9(10)13(21)22/h4-7,20H,1-3H3,(H,21,22)(H2,16,17,18,19,23). The number of anilines is 1. The molecule has 2 amide bonds. The predicted molar refractivity (Wildman–Crippen MR) is 103 cm³/mol. The number of aromatic nitrogens is 2. The number of hydrogen-bond donors (Lipinski definition) is 4. The van der Waals surface area contributed by atoms with E-state index in [4.69, 9.17) is 9.47 Å². The third-order valence-electron chi connectivity index (χ3n) is 3.33. The fourth-order valence-corrected chi connectivity index (χ4v) is 3.58. The maximum absolute atomic E-state index is 12.5. The Bertz CT molecular complexity index is 1010. The van der Waals surface area contributed by atoms with E-state index in [1.807, 2.05) is 10.3 Å². The van der Waals surface area contributed by atoms with Gasteiger partial charge in [0.05, 0.1) is 30.7 Å². The van der Waals surface area contributed by atoms with Gasteiger partial charge in [0, 0.05) is 4.90 Å². The molecule has 0 aliphatic rings. The number of amides is 2. The molecule has 1 aromatic heterocycles. The van der Waals surface area contributed by atoms with Crippen LogP contribution in [0.5, 0.6) is 11.8 Å². The summed E-state index contributed by atoms with van der Waals surface area (Å²) >= 11 is 1.23. The minimum atomic E-state index is -4.39. The van der Waals surface area contributed by atoms with E-state index in [0.29, 0.717) is 4.90 Å². The average Bonchev–Trinajstić information content (AvgIpc) is 2.71. The highest BCUT2D eigenvalue weighted by molar-refractivity contribution is 7.98. The Morgan fingerprint density at radius 3 is 2.24 bits per heavy atom. The fraction of sp³-hybridized carbons (Fsp3) is 0.200. The molecular weight excluding hydrogens is 426 g/mol. The van der Waals surface area contributed by atoms with Crippen LogP contribution in [-0.4, -0.2) is 56.0 Å². The molecule has 1 aromatic carbocycles. The van der Waals surface area contributed by atoms with Crippen LogP contribution in [0.4, 0.5) is 10.7 Å².